The molecule has 0 aliphatic carbocycles. The van der Waals surface area contributed by atoms with Crippen LogP contribution in [0.1, 0.15) is 11.5 Å². The molecule has 2 rings (SSSR count). The largest absolute Gasteiger partial charge is 0.497 e. The Morgan fingerprint density at radius 2 is 2.28 bits per heavy atom. The van der Waals surface area contributed by atoms with Crippen molar-refractivity contribution in [2.45, 2.75) is 17.5 Å². The average molecular weight is 269 g/mol. The van der Waals surface area contributed by atoms with Gasteiger partial charge in [-0.25, -0.2) is 4.39 Å². The zero-order valence-electron chi connectivity index (χ0n) is 9.72. The summed E-state index contributed by atoms with van der Waals surface area (Å²) in [5.74, 6) is 0.944. The molecule has 18 heavy (non-hydrogen) atoms. The van der Waals surface area contributed by atoms with Crippen LogP contribution in [-0.2, 0) is 12.3 Å². The van der Waals surface area contributed by atoms with E-state index in [4.69, 9.17) is 14.9 Å². The zero-order chi connectivity index (χ0) is 13.0. The summed E-state index contributed by atoms with van der Waals surface area (Å²) in [6.07, 6.45) is 0. The number of methoxy groups -OCH3 is 1. The third-order valence-electron chi connectivity index (χ3n) is 2.23. The van der Waals surface area contributed by atoms with Gasteiger partial charge in [0, 0.05) is 11.8 Å². The van der Waals surface area contributed by atoms with Crippen LogP contribution in [0.4, 0.5) is 4.39 Å². The Labute approximate surface area is 108 Å². The Hall–Kier alpha value is -1.60. The van der Waals surface area contributed by atoms with E-state index in [1.807, 2.05) is 0 Å². The number of rotatable bonds is 5. The molecular formula is C11H12FN3O2S. The molecule has 0 saturated carbocycles. The highest BCUT2D eigenvalue weighted by Crippen LogP contribution is 2.24. The second-order valence-corrected chi connectivity index (χ2v) is 4.34. The molecule has 0 aliphatic rings. The summed E-state index contributed by atoms with van der Waals surface area (Å²) >= 11 is 1.26. The average Bonchev–Trinajstić information content (AvgIpc) is 2.85. The number of hydrogen-bond donors (Lipinski definition) is 1. The molecule has 0 atom stereocenters. The molecule has 0 radical (unpaired) electrons. The third kappa shape index (κ3) is 2.99. The quantitative estimate of drug-likeness (QED) is 0.836. The second-order valence-electron chi connectivity index (χ2n) is 3.41. The first-order valence-electron chi connectivity index (χ1n) is 5.20. The van der Waals surface area contributed by atoms with Crippen molar-refractivity contribution in [3.8, 4) is 5.75 Å². The molecule has 0 spiro atoms. The fourth-order valence-corrected chi connectivity index (χ4v) is 2.06. The maximum Gasteiger partial charge on any atom is 0.276 e. The van der Waals surface area contributed by atoms with E-state index < -0.39 is 0 Å². The van der Waals surface area contributed by atoms with E-state index in [-0.39, 0.29) is 12.4 Å². The first kappa shape index (κ1) is 12.8. The molecule has 0 fully saturated rings. The van der Waals surface area contributed by atoms with Crippen LogP contribution in [0.25, 0.3) is 0 Å². The molecule has 0 bridgehead atoms. The molecule has 0 aliphatic heterocycles. The number of thioether (sulfide) groups is 1. The number of benzene rings is 1. The van der Waals surface area contributed by atoms with Gasteiger partial charge in [0.05, 0.1) is 13.7 Å². The van der Waals surface area contributed by atoms with Crippen molar-refractivity contribution >= 4 is 11.8 Å². The van der Waals surface area contributed by atoms with Gasteiger partial charge >= 0.3 is 0 Å². The molecule has 0 saturated heterocycles. The van der Waals surface area contributed by atoms with E-state index in [9.17, 15) is 4.39 Å². The molecule has 2 aromatic rings. The summed E-state index contributed by atoms with van der Waals surface area (Å²) < 4.78 is 23.8. The van der Waals surface area contributed by atoms with Gasteiger partial charge in [-0.3, -0.25) is 0 Å². The molecule has 96 valence electrons. The van der Waals surface area contributed by atoms with Gasteiger partial charge in [0.15, 0.2) is 0 Å². The first-order chi connectivity index (χ1) is 8.72. The smallest absolute Gasteiger partial charge is 0.276 e. The van der Waals surface area contributed by atoms with E-state index in [2.05, 4.69) is 10.2 Å². The summed E-state index contributed by atoms with van der Waals surface area (Å²) in [5, 5.41) is 7.89. The topological polar surface area (TPSA) is 74.2 Å². The molecular weight excluding hydrogens is 257 g/mol. The molecule has 0 unspecified atom stereocenters. The van der Waals surface area contributed by atoms with Gasteiger partial charge < -0.3 is 14.9 Å². The highest BCUT2D eigenvalue weighted by molar-refractivity contribution is 7.98. The minimum atomic E-state index is -0.319. The Balaban J connectivity index is 2.01. The fourth-order valence-electron chi connectivity index (χ4n) is 1.29. The molecule has 1 aromatic heterocycles. The summed E-state index contributed by atoms with van der Waals surface area (Å²) in [6, 6.07) is 4.72. The van der Waals surface area contributed by atoms with Crippen molar-refractivity contribution in [1.82, 2.24) is 10.2 Å². The maximum atomic E-state index is 13.6. The first-order valence-corrected chi connectivity index (χ1v) is 6.19. The number of nitrogens with two attached hydrogens (primary N) is 1. The number of aromatic nitrogens is 2. The van der Waals surface area contributed by atoms with Gasteiger partial charge in [-0.2, -0.15) is 0 Å². The molecule has 7 heteroatoms. The highest BCUT2D eigenvalue weighted by Gasteiger charge is 2.08. The lowest BCUT2D eigenvalue weighted by molar-refractivity contribution is 0.410. The van der Waals surface area contributed by atoms with Crippen molar-refractivity contribution in [2.75, 3.05) is 7.11 Å². The lowest BCUT2D eigenvalue weighted by Gasteiger charge is -2.03. The summed E-state index contributed by atoms with van der Waals surface area (Å²) in [5.41, 5.74) is 5.90. The number of nitrogens with zero attached hydrogens (tertiary/aromatic N) is 2. The Bertz CT molecular complexity index is 533. The van der Waals surface area contributed by atoms with E-state index in [1.165, 1.54) is 24.9 Å². The van der Waals surface area contributed by atoms with Crippen molar-refractivity contribution in [2.24, 2.45) is 5.73 Å². The molecule has 2 N–H and O–H groups in total. The van der Waals surface area contributed by atoms with Gasteiger partial charge in [0.25, 0.3) is 5.22 Å². The molecule has 5 nitrogen and oxygen atoms in total. The normalized spacial score (nSPS) is 10.6. The van der Waals surface area contributed by atoms with Gasteiger partial charge in [-0.15, -0.1) is 10.2 Å². The SMILES string of the molecule is COc1ccc(CSc2nnc(CN)o2)c(F)c1. The van der Waals surface area contributed by atoms with Crippen LogP contribution in [0, 0.1) is 5.82 Å². The highest BCUT2D eigenvalue weighted by atomic mass is 32.2. The lowest BCUT2D eigenvalue weighted by atomic mass is 10.2. The van der Waals surface area contributed by atoms with E-state index >= 15 is 0 Å². The van der Waals surface area contributed by atoms with Gasteiger partial charge in [0.2, 0.25) is 5.89 Å². The zero-order valence-corrected chi connectivity index (χ0v) is 10.5. The minimum Gasteiger partial charge on any atom is -0.497 e. The summed E-state index contributed by atoms with van der Waals surface area (Å²) in [4.78, 5) is 0. The molecule has 1 heterocycles. The van der Waals surface area contributed by atoms with E-state index in [1.54, 1.807) is 12.1 Å². The van der Waals surface area contributed by atoms with Crippen molar-refractivity contribution in [3.63, 3.8) is 0 Å². The monoisotopic (exact) mass is 269 g/mol. The number of halogens is 1. The predicted molar refractivity (Wildman–Crippen MR) is 64.7 cm³/mol. The van der Waals surface area contributed by atoms with Crippen LogP contribution >= 0.6 is 11.8 Å². The third-order valence-corrected chi connectivity index (χ3v) is 3.10. The predicted octanol–water partition coefficient (Wildman–Crippen LogP) is 1.97. The fraction of sp³-hybridized carbons (Fsp3) is 0.273. The van der Waals surface area contributed by atoms with Crippen molar-refractivity contribution in [3.05, 3.63) is 35.5 Å². The Morgan fingerprint density at radius 1 is 1.44 bits per heavy atom. The molecule has 1 aromatic carbocycles. The number of ether oxygens (including phenoxy) is 1. The van der Waals surface area contributed by atoms with Gasteiger partial charge in [-0.05, 0) is 11.6 Å². The second kappa shape index (κ2) is 5.83. The van der Waals surface area contributed by atoms with Gasteiger partial charge in [-0.1, -0.05) is 17.8 Å². The van der Waals surface area contributed by atoms with Crippen LogP contribution in [0.15, 0.2) is 27.8 Å². The van der Waals surface area contributed by atoms with Crippen molar-refractivity contribution in [1.29, 1.82) is 0 Å². The van der Waals surface area contributed by atoms with Crippen LogP contribution in [-0.4, -0.2) is 17.3 Å². The maximum absolute atomic E-state index is 13.6. The van der Waals surface area contributed by atoms with Gasteiger partial charge in [0.1, 0.15) is 11.6 Å². The summed E-state index contributed by atoms with van der Waals surface area (Å²) in [7, 11) is 1.50. The molecule has 0 amide bonds. The van der Waals surface area contributed by atoms with E-state index in [0.29, 0.717) is 28.2 Å². The number of hydrogen-bond acceptors (Lipinski definition) is 6. The standard InChI is InChI=1S/C11H12FN3O2S/c1-16-8-3-2-7(9(12)4-8)6-18-11-15-14-10(5-13)17-11/h2-4H,5-6,13H2,1H3. The van der Waals surface area contributed by atoms with E-state index in [0.717, 1.165) is 0 Å². The lowest BCUT2D eigenvalue weighted by Crippen LogP contribution is -1.95. The minimum absolute atomic E-state index is 0.199. The summed E-state index contributed by atoms with van der Waals surface area (Å²) in [6.45, 7) is 0.199. The van der Waals surface area contributed by atoms with Crippen LogP contribution in [0.5, 0.6) is 5.75 Å². The van der Waals surface area contributed by atoms with Crippen LogP contribution in [0.3, 0.4) is 0 Å². The Morgan fingerprint density at radius 3 is 2.89 bits per heavy atom. The van der Waals surface area contributed by atoms with Crippen LogP contribution in [0.2, 0.25) is 0 Å². The Kier molecular flexibility index (Phi) is 4.16. The van der Waals surface area contributed by atoms with Crippen molar-refractivity contribution < 1.29 is 13.5 Å². The van der Waals surface area contributed by atoms with Crippen LogP contribution < -0.4 is 10.5 Å².